The van der Waals surface area contributed by atoms with Gasteiger partial charge in [0.2, 0.25) is 3.79 Å². The molecule has 0 aromatic carbocycles. The van der Waals surface area contributed by atoms with Gasteiger partial charge in [-0.2, -0.15) is 0 Å². The standard InChI is InChI=1S/C20H32Cl3N3O7/c1-18(2,3)33-17(29)24-14(8-30-9-19(4)10-31-11-19)15(27)26-7-5-6-13(25-26)16(28)32-12-20(21,22)23/h13-14,25H,5-12H2,1-4H3,(H,24,29)/t13-,14?/m0/s1. The zero-order chi connectivity index (χ0) is 24.9. The molecule has 0 bridgehead atoms. The number of alkyl carbamates (subject to hydrolysis) is 1. The summed E-state index contributed by atoms with van der Waals surface area (Å²) in [7, 11) is 0. The van der Waals surface area contributed by atoms with Crippen molar-refractivity contribution < 1.29 is 33.3 Å². The largest absolute Gasteiger partial charge is 0.460 e. The number of nitrogens with zero attached hydrogens (tertiary/aromatic N) is 1. The first-order valence-corrected chi connectivity index (χ1v) is 11.8. The van der Waals surface area contributed by atoms with Gasteiger partial charge in [-0.05, 0) is 33.6 Å². The summed E-state index contributed by atoms with van der Waals surface area (Å²) in [5.74, 6) is -1.13. The van der Waals surface area contributed by atoms with E-state index in [4.69, 9.17) is 53.8 Å². The highest BCUT2D eigenvalue weighted by molar-refractivity contribution is 6.67. The third kappa shape index (κ3) is 10.00. The van der Waals surface area contributed by atoms with Crippen LogP contribution in [0, 0.1) is 5.41 Å². The minimum Gasteiger partial charge on any atom is -0.460 e. The number of esters is 1. The fourth-order valence-corrected chi connectivity index (χ4v) is 3.30. The number of hydrazine groups is 1. The number of amides is 2. The number of ether oxygens (including phenoxy) is 4. The number of hydrogen-bond donors (Lipinski definition) is 2. The van der Waals surface area contributed by atoms with Crippen LogP contribution in [0.5, 0.6) is 0 Å². The fraction of sp³-hybridized carbons (Fsp3) is 0.850. The summed E-state index contributed by atoms with van der Waals surface area (Å²) in [5, 5.41) is 3.83. The Morgan fingerprint density at radius 1 is 1.24 bits per heavy atom. The molecule has 2 N–H and O–H groups in total. The molecule has 2 rings (SSSR count). The van der Waals surface area contributed by atoms with Crippen molar-refractivity contribution in [3.05, 3.63) is 0 Å². The Morgan fingerprint density at radius 2 is 1.91 bits per heavy atom. The molecule has 13 heteroatoms. The van der Waals surface area contributed by atoms with Crippen LogP contribution in [-0.4, -0.2) is 84.0 Å². The van der Waals surface area contributed by atoms with Crippen molar-refractivity contribution in [2.75, 3.05) is 39.6 Å². The van der Waals surface area contributed by atoms with Gasteiger partial charge < -0.3 is 24.3 Å². The summed E-state index contributed by atoms with van der Waals surface area (Å²) in [6.07, 6.45) is 0.210. The lowest BCUT2D eigenvalue weighted by Gasteiger charge is -2.38. The Balaban J connectivity index is 1.99. The highest BCUT2D eigenvalue weighted by Crippen LogP contribution is 2.27. The van der Waals surface area contributed by atoms with Crippen LogP contribution in [0.15, 0.2) is 0 Å². The maximum atomic E-state index is 13.2. The molecule has 0 spiro atoms. The van der Waals surface area contributed by atoms with Crippen molar-refractivity contribution in [2.45, 2.75) is 62.0 Å². The molecule has 2 saturated heterocycles. The lowest BCUT2D eigenvalue weighted by atomic mass is 9.90. The van der Waals surface area contributed by atoms with E-state index < -0.39 is 46.1 Å². The van der Waals surface area contributed by atoms with E-state index in [-0.39, 0.29) is 12.0 Å². The maximum absolute atomic E-state index is 13.2. The summed E-state index contributed by atoms with van der Waals surface area (Å²) in [4.78, 5) is 37.8. The fourth-order valence-electron chi connectivity index (χ4n) is 3.14. The average molecular weight is 533 g/mol. The van der Waals surface area contributed by atoms with Crippen LogP contribution in [-0.2, 0) is 28.5 Å². The highest BCUT2D eigenvalue weighted by Gasteiger charge is 2.37. The molecular formula is C20H32Cl3N3O7. The Hall–Kier alpha value is -1.04. The quantitative estimate of drug-likeness (QED) is 0.362. The third-order valence-corrected chi connectivity index (χ3v) is 5.07. The van der Waals surface area contributed by atoms with Gasteiger partial charge in [-0.3, -0.25) is 14.6 Å². The molecule has 2 heterocycles. The normalized spacial score (nSPS) is 21.5. The minimum atomic E-state index is -1.73. The van der Waals surface area contributed by atoms with E-state index in [9.17, 15) is 14.4 Å². The van der Waals surface area contributed by atoms with Crippen LogP contribution in [0.3, 0.4) is 0 Å². The molecular weight excluding hydrogens is 501 g/mol. The summed E-state index contributed by atoms with van der Waals surface area (Å²) in [6, 6.07) is -1.84. The highest BCUT2D eigenvalue weighted by atomic mass is 35.6. The molecule has 2 aliphatic heterocycles. The molecule has 0 aromatic heterocycles. The topological polar surface area (TPSA) is 115 Å². The number of nitrogens with one attached hydrogen (secondary N) is 2. The molecule has 2 fully saturated rings. The first-order chi connectivity index (χ1) is 15.2. The van der Waals surface area contributed by atoms with Crippen LogP contribution in [0.2, 0.25) is 0 Å². The van der Waals surface area contributed by atoms with Crippen LogP contribution in [0.1, 0.15) is 40.5 Å². The summed E-state index contributed by atoms with van der Waals surface area (Å²) >= 11 is 16.9. The second kappa shape index (κ2) is 11.6. The van der Waals surface area contributed by atoms with Gasteiger partial charge in [-0.15, -0.1) is 0 Å². The Labute approximate surface area is 208 Å². The number of rotatable bonds is 8. The molecule has 0 aromatic rings. The van der Waals surface area contributed by atoms with Gasteiger partial charge >= 0.3 is 12.1 Å². The van der Waals surface area contributed by atoms with E-state index in [1.807, 2.05) is 6.92 Å². The first-order valence-electron chi connectivity index (χ1n) is 10.6. The molecule has 10 nitrogen and oxygen atoms in total. The monoisotopic (exact) mass is 531 g/mol. The van der Waals surface area contributed by atoms with E-state index in [0.717, 1.165) is 0 Å². The van der Waals surface area contributed by atoms with E-state index in [1.54, 1.807) is 20.8 Å². The van der Waals surface area contributed by atoms with E-state index >= 15 is 0 Å². The van der Waals surface area contributed by atoms with Gasteiger partial charge in [-0.1, -0.05) is 41.7 Å². The van der Waals surface area contributed by atoms with Crippen molar-refractivity contribution in [1.29, 1.82) is 0 Å². The molecule has 1 unspecified atom stereocenters. The zero-order valence-corrected chi connectivity index (χ0v) is 21.5. The predicted octanol–water partition coefficient (Wildman–Crippen LogP) is 2.34. The second-order valence-electron chi connectivity index (χ2n) is 9.55. The predicted molar refractivity (Wildman–Crippen MR) is 122 cm³/mol. The van der Waals surface area contributed by atoms with Gasteiger partial charge in [0.1, 0.15) is 24.3 Å². The van der Waals surface area contributed by atoms with Crippen molar-refractivity contribution in [3.8, 4) is 0 Å². The summed E-state index contributed by atoms with van der Waals surface area (Å²) < 4.78 is 19.5. The molecule has 0 radical (unpaired) electrons. The van der Waals surface area contributed by atoms with E-state index in [0.29, 0.717) is 39.2 Å². The maximum Gasteiger partial charge on any atom is 0.408 e. The van der Waals surface area contributed by atoms with Crippen molar-refractivity contribution in [1.82, 2.24) is 15.8 Å². The van der Waals surface area contributed by atoms with Gasteiger partial charge in [0, 0.05) is 12.0 Å². The lowest BCUT2D eigenvalue weighted by molar-refractivity contribution is -0.154. The van der Waals surface area contributed by atoms with Gasteiger partial charge in [-0.25, -0.2) is 10.2 Å². The number of carbonyl (C=O) groups excluding carboxylic acids is 3. The van der Waals surface area contributed by atoms with Crippen LogP contribution in [0.25, 0.3) is 0 Å². The van der Waals surface area contributed by atoms with Gasteiger partial charge in [0.15, 0.2) is 0 Å². The van der Waals surface area contributed by atoms with Crippen molar-refractivity contribution in [2.24, 2.45) is 5.41 Å². The summed E-state index contributed by atoms with van der Waals surface area (Å²) in [5.41, 5.74) is 1.97. The van der Waals surface area contributed by atoms with Crippen LogP contribution in [0.4, 0.5) is 4.79 Å². The number of carbonyl (C=O) groups is 3. The molecule has 33 heavy (non-hydrogen) atoms. The first kappa shape index (κ1) is 28.2. The number of halogens is 3. The number of alkyl halides is 3. The van der Waals surface area contributed by atoms with Crippen molar-refractivity contribution >= 4 is 52.8 Å². The molecule has 0 aliphatic carbocycles. The van der Waals surface area contributed by atoms with Crippen LogP contribution >= 0.6 is 34.8 Å². The Morgan fingerprint density at radius 3 is 2.45 bits per heavy atom. The minimum absolute atomic E-state index is 0.0752. The second-order valence-corrected chi connectivity index (χ2v) is 12.1. The van der Waals surface area contributed by atoms with E-state index in [1.165, 1.54) is 5.01 Å². The molecule has 2 amide bonds. The van der Waals surface area contributed by atoms with Gasteiger partial charge in [0.25, 0.3) is 5.91 Å². The van der Waals surface area contributed by atoms with E-state index in [2.05, 4.69) is 10.7 Å². The molecule has 2 aliphatic rings. The number of hydrogen-bond acceptors (Lipinski definition) is 8. The van der Waals surface area contributed by atoms with Crippen LogP contribution < -0.4 is 10.7 Å². The molecule has 2 atom stereocenters. The zero-order valence-electron chi connectivity index (χ0n) is 19.3. The molecule has 0 saturated carbocycles. The van der Waals surface area contributed by atoms with Crippen molar-refractivity contribution in [3.63, 3.8) is 0 Å². The summed E-state index contributed by atoms with van der Waals surface area (Å²) in [6.45, 7) is 8.50. The third-order valence-electron chi connectivity index (χ3n) is 4.74. The molecule has 190 valence electrons. The smallest absolute Gasteiger partial charge is 0.408 e. The Bertz CT molecular complexity index is 708. The SMILES string of the molecule is CC1(COCC(NC(=O)OC(C)(C)C)C(=O)N2CCC[C@@H](C(=O)OCC(Cl)(Cl)Cl)N2)COC1. The average Bonchev–Trinajstić information content (AvgIpc) is 2.67. The lowest BCUT2D eigenvalue weighted by Crippen LogP contribution is -2.61. The Kier molecular flexibility index (Phi) is 9.91. The van der Waals surface area contributed by atoms with Gasteiger partial charge in [0.05, 0.1) is 26.4 Å².